The summed E-state index contributed by atoms with van der Waals surface area (Å²) in [5.74, 6) is -1.21. The summed E-state index contributed by atoms with van der Waals surface area (Å²) < 4.78 is 4.25. The fraction of sp³-hybridized carbons (Fsp3) is 0.500. The van der Waals surface area contributed by atoms with Gasteiger partial charge in [-0.05, 0) is 6.92 Å². The molecule has 0 spiro atoms. The van der Waals surface area contributed by atoms with E-state index in [1.165, 1.54) is 6.92 Å². The number of amides is 1. The molecule has 0 aromatic rings. The minimum absolute atomic E-state index is 0.281. The van der Waals surface area contributed by atoms with Crippen LogP contribution in [0.2, 0.25) is 0 Å². The first-order valence-corrected chi connectivity index (χ1v) is 2.91. The van der Waals surface area contributed by atoms with E-state index in [1.807, 2.05) is 5.32 Å². The third-order valence-electron chi connectivity index (χ3n) is 1.08. The summed E-state index contributed by atoms with van der Waals surface area (Å²) in [6.07, 6.45) is 0.281. The highest BCUT2D eigenvalue weighted by Crippen LogP contribution is 1.87. The van der Waals surface area contributed by atoms with Crippen molar-refractivity contribution in [3.05, 3.63) is 0 Å². The second-order valence-corrected chi connectivity index (χ2v) is 1.85. The number of hydrogen-bond acceptors (Lipinski definition) is 4. The van der Waals surface area contributed by atoms with Gasteiger partial charge in [0.05, 0.1) is 7.11 Å². The number of carbonyl (C=O) groups excluding carboxylic acids is 3. The van der Waals surface area contributed by atoms with E-state index in [9.17, 15) is 14.4 Å². The molecule has 0 aliphatic carbocycles. The van der Waals surface area contributed by atoms with Gasteiger partial charge in [0, 0.05) is 0 Å². The second-order valence-electron chi connectivity index (χ2n) is 1.85. The van der Waals surface area contributed by atoms with Gasteiger partial charge in [-0.2, -0.15) is 0 Å². The van der Waals surface area contributed by atoms with E-state index in [0.29, 0.717) is 0 Å². The Hall–Kier alpha value is -1.39. The Morgan fingerprint density at radius 2 is 2.09 bits per heavy atom. The van der Waals surface area contributed by atoms with Gasteiger partial charge in [-0.3, -0.25) is 9.59 Å². The van der Waals surface area contributed by atoms with E-state index in [0.717, 1.165) is 7.11 Å². The number of carbonyl (C=O) groups is 3. The average Bonchev–Trinajstić information content (AvgIpc) is 1.98. The molecule has 0 aliphatic rings. The van der Waals surface area contributed by atoms with Gasteiger partial charge in [0.2, 0.25) is 6.41 Å². The zero-order valence-corrected chi connectivity index (χ0v) is 6.29. The summed E-state index contributed by atoms with van der Waals surface area (Å²) in [6, 6.07) is -1.17. The molecule has 62 valence electrons. The van der Waals surface area contributed by atoms with Crippen molar-refractivity contribution >= 4 is 18.2 Å². The van der Waals surface area contributed by atoms with Crippen molar-refractivity contribution < 1.29 is 19.1 Å². The van der Waals surface area contributed by atoms with Crippen LogP contribution in [0.15, 0.2) is 0 Å². The number of esters is 1. The zero-order valence-electron chi connectivity index (χ0n) is 6.29. The van der Waals surface area contributed by atoms with Gasteiger partial charge in [0.1, 0.15) is 0 Å². The molecule has 11 heavy (non-hydrogen) atoms. The lowest BCUT2D eigenvalue weighted by molar-refractivity contribution is -0.147. The molecule has 0 aromatic heterocycles. The first-order valence-electron chi connectivity index (χ1n) is 2.91. The Bertz CT molecular complexity index is 177. The van der Waals surface area contributed by atoms with E-state index < -0.39 is 17.8 Å². The molecule has 0 saturated heterocycles. The van der Waals surface area contributed by atoms with Crippen LogP contribution in [0.25, 0.3) is 0 Å². The SMILES string of the molecule is COC(=O)C(NC=O)C(C)=O. The molecular weight excluding hydrogens is 150 g/mol. The van der Waals surface area contributed by atoms with Crippen molar-refractivity contribution in [2.75, 3.05) is 7.11 Å². The first kappa shape index (κ1) is 9.61. The van der Waals surface area contributed by atoms with Gasteiger partial charge in [0.25, 0.3) is 0 Å². The first-order chi connectivity index (χ1) is 5.13. The lowest BCUT2D eigenvalue weighted by Gasteiger charge is -2.08. The van der Waals surface area contributed by atoms with Crippen molar-refractivity contribution in [3.8, 4) is 0 Å². The lowest BCUT2D eigenvalue weighted by Crippen LogP contribution is -2.42. The van der Waals surface area contributed by atoms with E-state index in [1.54, 1.807) is 0 Å². The van der Waals surface area contributed by atoms with E-state index in [-0.39, 0.29) is 6.41 Å². The van der Waals surface area contributed by atoms with Crippen molar-refractivity contribution in [1.82, 2.24) is 5.32 Å². The molecular formula is C6H9NO4. The Balaban J connectivity index is 4.20. The predicted molar refractivity (Wildman–Crippen MR) is 35.7 cm³/mol. The second kappa shape index (κ2) is 4.43. The minimum Gasteiger partial charge on any atom is -0.467 e. The Morgan fingerprint density at radius 1 is 1.55 bits per heavy atom. The van der Waals surface area contributed by atoms with Crippen LogP contribution in [0.1, 0.15) is 6.92 Å². The third kappa shape index (κ3) is 2.79. The molecule has 0 saturated carbocycles. The minimum atomic E-state index is -1.17. The topological polar surface area (TPSA) is 72.5 Å². The molecule has 0 fully saturated rings. The molecule has 0 rings (SSSR count). The fourth-order valence-electron chi connectivity index (χ4n) is 0.537. The molecule has 0 radical (unpaired) electrons. The van der Waals surface area contributed by atoms with Gasteiger partial charge < -0.3 is 10.1 Å². The predicted octanol–water partition coefficient (Wildman–Crippen LogP) is -1.14. The van der Waals surface area contributed by atoms with Crippen LogP contribution in [0.3, 0.4) is 0 Å². The molecule has 0 heterocycles. The van der Waals surface area contributed by atoms with Crippen LogP contribution in [0, 0.1) is 0 Å². The maximum absolute atomic E-state index is 10.7. The summed E-state index contributed by atoms with van der Waals surface area (Å²) in [6.45, 7) is 1.19. The Kier molecular flexibility index (Phi) is 3.87. The number of methoxy groups -OCH3 is 1. The van der Waals surface area contributed by atoms with Gasteiger partial charge in [-0.1, -0.05) is 0 Å². The van der Waals surface area contributed by atoms with Crippen molar-refractivity contribution in [3.63, 3.8) is 0 Å². The Labute approximate surface area is 63.7 Å². The molecule has 0 aromatic carbocycles. The highest BCUT2D eigenvalue weighted by atomic mass is 16.5. The van der Waals surface area contributed by atoms with Crippen molar-refractivity contribution in [2.45, 2.75) is 13.0 Å². The van der Waals surface area contributed by atoms with Gasteiger partial charge >= 0.3 is 5.97 Å². The number of ketones is 1. The smallest absolute Gasteiger partial charge is 0.336 e. The number of Topliss-reactive ketones (excluding diaryl/α,β-unsaturated/α-hetero) is 1. The number of hydrogen-bond donors (Lipinski definition) is 1. The summed E-state index contributed by atoms with van der Waals surface area (Å²) in [5.41, 5.74) is 0. The Morgan fingerprint density at radius 3 is 2.36 bits per heavy atom. The summed E-state index contributed by atoms with van der Waals surface area (Å²) in [7, 11) is 1.14. The van der Waals surface area contributed by atoms with Gasteiger partial charge in [-0.15, -0.1) is 0 Å². The maximum atomic E-state index is 10.7. The molecule has 1 N–H and O–H groups in total. The molecule has 1 unspecified atom stereocenters. The average molecular weight is 159 g/mol. The number of nitrogens with one attached hydrogen (secondary N) is 1. The quantitative estimate of drug-likeness (QED) is 0.320. The van der Waals surface area contributed by atoms with Gasteiger partial charge in [0.15, 0.2) is 11.8 Å². The highest BCUT2D eigenvalue weighted by Gasteiger charge is 2.22. The van der Waals surface area contributed by atoms with Crippen LogP contribution < -0.4 is 5.32 Å². The summed E-state index contributed by atoms with van der Waals surface area (Å²) in [5, 5.41) is 2.03. The van der Waals surface area contributed by atoms with Gasteiger partial charge in [-0.25, -0.2) is 4.79 Å². The summed E-state index contributed by atoms with van der Waals surface area (Å²) >= 11 is 0. The van der Waals surface area contributed by atoms with E-state index in [4.69, 9.17) is 0 Å². The molecule has 0 aliphatic heterocycles. The van der Waals surface area contributed by atoms with Crippen LogP contribution in [0.5, 0.6) is 0 Å². The lowest BCUT2D eigenvalue weighted by atomic mass is 10.2. The molecule has 1 atom stereocenters. The fourth-order valence-corrected chi connectivity index (χ4v) is 0.537. The van der Waals surface area contributed by atoms with Crippen LogP contribution in [-0.4, -0.2) is 31.3 Å². The third-order valence-corrected chi connectivity index (χ3v) is 1.08. The normalized spacial score (nSPS) is 11.5. The van der Waals surface area contributed by atoms with E-state index >= 15 is 0 Å². The van der Waals surface area contributed by atoms with Crippen LogP contribution in [0.4, 0.5) is 0 Å². The monoisotopic (exact) mass is 159 g/mol. The number of rotatable bonds is 4. The molecule has 1 amide bonds. The molecule has 5 heteroatoms. The summed E-state index contributed by atoms with van der Waals surface area (Å²) in [4.78, 5) is 31.2. The molecule has 5 nitrogen and oxygen atoms in total. The van der Waals surface area contributed by atoms with Crippen LogP contribution in [-0.2, 0) is 19.1 Å². The molecule has 0 bridgehead atoms. The highest BCUT2D eigenvalue weighted by molar-refractivity contribution is 6.03. The van der Waals surface area contributed by atoms with Crippen LogP contribution >= 0.6 is 0 Å². The standard InChI is InChI=1S/C6H9NO4/c1-4(9)5(7-3-8)6(10)11-2/h3,5H,1-2H3,(H,7,8). The van der Waals surface area contributed by atoms with Crippen molar-refractivity contribution in [2.24, 2.45) is 0 Å². The maximum Gasteiger partial charge on any atom is 0.336 e. The zero-order chi connectivity index (χ0) is 8.85. The number of ether oxygens (including phenoxy) is 1. The van der Waals surface area contributed by atoms with E-state index in [2.05, 4.69) is 4.74 Å². The van der Waals surface area contributed by atoms with Crippen molar-refractivity contribution in [1.29, 1.82) is 0 Å². The largest absolute Gasteiger partial charge is 0.467 e.